The standard InChI is InChI=1S/C22H21N3O4/c1-14(15-8-10-16(29-2)11-9-15)24-21(27)19-20(26)17-6-3-4-7-18(17)25(22(19)28)13-5-12-23/h3-4,6-11,14,26H,5,13H2,1-2H3,(H,24,27)/t14-/m0/s1. The van der Waals surface area contributed by atoms with Gasteiger partial charge >= 0.3 is 0 Å². The predicted octanol–water partition coefficient (Wildman–Crippen LogP) is 3.12. The molecular formula is C22H21N3O4. The number of ether oxygens (including phenoxy) is 1. The van der Waals surface area contributed by atoms with Crippen molar-refractivity contribution >= 4 is 16.8 Å². The molecule has 3 aromatic rings. The van der Waals surface area contributed by atoms with Crippen molar-refractivity contribution in [1.82, 2.24) is 9.88 Å². The van der Waals surface area contributed by atoms with Gasteiger partial charge in [-0.3, -0.25) is 9.59 Å². The van der Waals surface area contributed by atoms with E-state index in [-0.39, 0.29) is 24.3 Å². The first-order valence-electron chi connectivity index (χ1n) is 9.14. The van der Waals surface area contributed by atoms with Gasteiger partial charge in [0.05, 0.1) is 31.2 Å². The third kappa shape index (κ3) is 3.92. The SMILES string of the molecule is COc1ccc([C@H](C)NC(=O)c2c(O)c3ccccc3n(CCC#N)c2=O)cc1. The number of carbonyl (C=O) groups excluding carboxylic acids is 1. The van der Waals surface area contributed by atoms with Crippen LogP contribution in [0.2, 0.25) is 0 Å². The van der Waals surface area contributed by atoms with Crippen LogP contribution in [0.25, 0.3) is 10.9 Å². The topological polar surface area (TPSA) is 104 Å². The summed E-state index contributed by atoms with van der Waals surface area (Å²) in [6.45, 7) is 1.91. The summed E-state index contributed by atoms with van der Waals surface area (Å²) in [6.07, 6.45) is 0.109. The molecule has 29 heavy (non-hydrogen) atoms. The first kappa shape index (κ1) is 20.0. The fourth-order valence-electron chi connectivity index (χ4n) is 3.22. The maximum atomic E-state index is 13.0. The second-order valence-corrected chi connectivity index (χ2v) is 6.57. The summed E-state index contributed by atoms with van der Waals surface area (Å²) >= 11 is 0. The molecule has 0 unspecified atom stereocenters. The van der Waals surface area contributed by atoms with Gasteiger partial charge in [-0.25, -0.2) is 0 Å². The third-order valence-electron chi connectivity index (χ3n) is 4.78. The molecule has 1 atom stereocenters. The summed E-state index contributed by atoms with van der Waals surface area (Å²) in [6, 6.07) is 15.5. The Morgan fingerprint density at radius 3 is 2.59 bits per heavy atom. The van der Waals surface area contributed by atoms with Crippen LogP contribution in [-0.2, 0) is 6.54 Å². The average Bonchev–Trinajstić information content (AvgIpc) is 2.73. The minimum atomic E-state index is -0.674. The van der Waals surface area contributed by atoms with Crippen molar-refractivity contribution in [3.05, 3.63) is 70.0 Å². The lowest BCUT2D eigenvalue weighted by molar-refractivity contribution is 0.0935. The Kier molecular flexibility index (Phi) is 5.84. The zero-order valence-electron chi connectivity index (χ0n) is 16.2. The van der Waals surface area contributed by atoms with Gasteiger partial charge in [0, 0.05) is 11.9 Å². The first-order chi connectivity index (χ1) is 14.0. The van der Waals surface area contributed by atoms with E-state index in [1.807, 2.05) is 18.2 Å². The zero-order valence-corrected chi connectivity index (χ0v) is 16.2. The summed E-state index contributed by atoms with van der Waals surface area (Å²) in [7, 11) is 1.57. The second-order valence-electron chi connectivity index (χ2n) is 6.57. The molecular weight excluding hydrogens is 370 g/mol. The quantitative estimate of drug-likeness (QED) is 0.672. The van der Waals surface area contributed by atoms with Crippen molar-refractivity contribution in [1.29, 1.82) is 5.26 Å². The fourth-order valence-corrected chi connectivity index (χ4v) is 3.22. The number of pyridine rings is 1. The van der Waals surface area contributed by atoms with E-state index in [2.05, 4.69) is 5.32 Å². The summed E-state index contributed by atoms with van der Waals surface area (Å²) in [5.41, 5.74) is 0.340. The van der Waals surface area contributed by atoms with Gasteiger partial charge in [-0.2, -0.15) is 5.26 Å². The summed E-state index contributed by atoms with van der Waals surface area (Å²) < 4.78 is 6.48. The van der Waals surface area contributed by atoms with Crippen LogP contribution in [0.4, 0.5) is 0 Å². The molecule has 3 rings (SSSR count). The molecule has 0 fully saturated rings. The Labute approximate surface area is 167 Å². The number of hydrogen-bond donors (Lipinski definition) is 2. The predicted molar refractivity (Wildman–Crippen MR) is 109 cm³/mol. The Balaban J connectivity index is 2.00. The monoisotopic (exact) mass is 391 g/mol. The molecule has 1 amide bonds. The minimum absolute atomic E-state index is 0.109. The Morgan fingerprint density at radius 2 is 1.93 bits per heavy atom. The lowest BCUT2D eigenvalue weighted by atomic mass is 10.1. The fraction of sp³-hybridized carbons (Fsp3) is 0.227. The average molecular weight is 391 g/mol. The van der Waals surface area contributed by atoms with Gasteiger partial charge in [0.15, 0.2) is 0 Å². The van der Waals surface area contributed by atoms with Crippen molar-refractivity contribution in [3.8, 4) is 17.6 Å². The number of para-hydroxylation sites is 1. The Bertz CT molecular complexity index is 1140. The van der Waals surface area contributed by atoms with Crippen LogP contribution in [0.5, 0.6) is 11.5 Å². The molecule has 0 radical (unpaired) electrons. The van der Waals surface area contributed by atoms with Gasteiger partial charge in [0.25, 0.3) is 11.5 Å². The summed E-state index contributed by atoms with van der Waals surface area (Å²) in [4.78, 5) is 25.9. The molecule has 0 bridgehead atoms. The number of aromatic hydroxyl groups is 1. The summed E-state index contributed by atoms with van der Waals surface area (Å²) in [5.74, 6) is -0.342. The normalized spacial score (nSPS) is 11.6. The Hall–Kier alpha value is -3.79. The third-order valence-corrected chi connectivity index (χ3v) is 4.78. The number of nitriles is 1. The highest BCUT2D eigenvalue weighted by Gasteiger charge is 2.23. The van der Waals surface area contributed by atoms with Crippen LogP contribution in [0.15, 0.2) is 53.3 Å². The van der Waals surface area contributed by atoms with Crippen molar-refractivity contribution in [2.75, 3.05) is 7.11 Å². The highest BCUT2D eigenvalue weighted by Crippen LogP contribution is 2.27. The van der Waals surface area contributed by atoms with Crippen LogP contribution >= 0.6 is 0 Å². The molecule has 7 nitrogen and oxygen atoms in total. The summed E-state index contributed by atoms with van der Waals surface area (Å²) in [5, 5.41) is 22.7. The molecule has 1 aromatic heterocycles. The molecule has 0 aliphatic rings. The van der Waals surface area contributed by atoms with Crippen molar-refractivity contribution in [2.24, 2.45) is 0 Å². The number of fused-ring (bicyclic) bond motifs is 1. The van der Waals surface area contributed by atoms with E-state index < -0.39 is 17.5 Å². The molecule has 0 aliphatic carbocycles. The van der Waals surface area contributed by atoms with Crippen molar-refractivity contribution < 1.29 is 14.6 Å². The lowest BCUT2D eigenvalue weighted by Crippen LogP contribution is -2.34. The molecule has 2 aromatic carbocycles. The molecule has 0 aliphatic heterocycles. The number of aromatic nitrogens is 1. The van der Waals surface area contributed by atoms with Gasteiger partial charge in [-0.05, 0) is 36.8 Å². The van der Waals surface area contributed by atoms with E-state index in [0.717, 1.165) is 5.56 Å². The largest absolute Gasteiger partial charge is 0.506 e. The van der Waals surface area contributed by atoms with Crippen molar-refractivity contribution in [3.63, 3.8) is 0 Å². The van der Waals surface area contributed by atoms with Gasteiger partial charge in [-0.15, -0.1) is 0 Å². The van der Waals surface area contributed by atoms with Crippen molar-refractivity contribution in [2.45, 2.75) is 25.9 Å². The van der Waals surface area contributed by atoms with E-state index in [1.165, 1.54) is 4.57 Å². The number of rotatable bonds is 6. The van der Waals surface area contributed by atoms with E-state index in [9.17, 15) is 14.7 Å². The molecule has 148 valence electrons. The number of nitrogens with one attached hydrogen (secondary N) is 1. The molecule has 1 heterocycles. The van der Waals surface area contributed by atoms with E-state index in [0.29, 0.717) is 16.7 Å². The smallest absolute Gasteiger partial charge is 0.267 e. The second kappa shape index (κ2) is 8.48. The Morgan fingerprint density at radius 1 is 1.24 bits per heavy atom. The first-order valence-corrected chi connectivity index (χ1v) is 9.14. The molecule has 0 saturated carbocycles. The molecule has 0 saturated heterocycles. The molecule has 7 heteroatoms. The van der Waals surface area contributed by atoms with Crippen LogP contribution < -0.4 is 15.6 Å². The maximum Gasteiger partial charge on any atom is 0.267 e. The van der Waals surface area contributed by atoms with Gasteiger partial charge in [0.2, 0.25) is 0 Å². The number of amides is 1. The van der Waals surface area contributed by atoms with Crippen LogP contribution in [0, 0.1) is 11.3 Å². The number of hydrogen-bond acceptors (Lipinski definition) is 5. The maximum absolute atomic E-state index is 13.0. The molecule has 2 N–H and O–H groups in total. The van der Waals surface area contributed by atoms with Gasteiger partial charge in [0.1, 0.15) is 17.1 Å². The minimum Gasteiger partial charge on any atom is -0.506 e. The number of nitrogens with zero attached hydrogens (tertiary/aromatic N) is 2. The van der Waals surface area contributed by atoms with E-state index in [1.54, 1.807) is 50.4 Å². The highest BCUT2D eigenvalue weighted by molar-refractivity contribution is 6.02. The zero-order chi connectivity index (χ0) is 21.0. The van der Waals surface area contributed by atoms with Crippen LogP contribution in [0.3, 0.4) is 0 Å². The van der Waals surface area contributed by atoms with E-state index in [4.69, 9.17) is 10.00 Å². The number of methoxy groups -OCH3 is 1. The highest BCUT2D eigenvalue weighted by atomic mass is 16.5. The number of benzene rings is 2. The van der Waals surface area contributed by atoms with Gasteiger partial charge < -0.3 is 19.7 Å². The van der Waals surface area contributed by atoms with Gasteiger partial charge in [-0.1, -0.05) is 24.3 Å². The number of carbonyl (C=O) groups is 1. The number of aryl methyl sites for hydroxylation is 1. The molecule has 0 spiro atoms. The lowest BCUT2D eigenvalue weighted by Gasteiger charge is -2.17. The van der Waals surface area contributed by atoms with Crippen LogP contribution in [0.1, 0.15) is 35.3 Å². The van der Waals surface area contributed by atoms with E-state index >= 15 is 0 Å². The van der Waals surface area contributed by atoms with Crippen LogP contribution in [-0.4, -0.2) is 22.7 Å².